The number of ether oxygens (including phenoxy) is 2. The van der Waals surface area contributed by atoms with Gasteiger partial charge in [0.1, 0.15) is 47.6 Å². The van der Waals surface area contributed by atoms with Crippen molar-refractivity contribution in [1.82, 2.24) is 5.32 Å². The number of aliphatic hydroxyl groups is 4. The van der Waals surface area contributed by atoms with Crippen LogP contribution in [0.3, 0.4) is 0 Å². The Morgan fingerprint density at radius 3 is 2.51 bits per heavy atom. The molecular weight excluding hydrogens is 506 g/mol. The van der Waals surface area contributed by atoms with E-state index in [1.54, 1.807) is 12.1 Å². The molecule has 11 heteroatoms. The molecular formula is C28H29N3O8. The number of amides is 1. The molecule has 1 amide bonds. The Bertz CT molecular complexity index is 1410. The van der Waals surface area contributed by atoms with E-state index in [-0.39, 0.29) is 12.1 Å². The van der Waals surface area contributed by atoms with Gasteiger partial charge in [0.2, 0.25) is 0 Å². The minimum Gasteiger partial charge on any atom is -0.457 e. The molecule has 39 heavy (non-hydrogen) atoms. The van der Waals surface area contributed by atoms with Gasteiger partial charge in [-0.25, -0.2) is 0 Å². The first-order valence-corrected chi connectivity index (χ1v) is 12.6. The third-order valence-electron chi connectivity index (χ3n) is 6.91. The van der Waals surface area contributed by atoms with Gasteiger partial charge in [0.25, 0.3) is 5.91 Å². The van der Waals surface area contributed by atoms with Crippen molar-refractivity contribution in [3.05, 3.63) is 59.9 Å². The summed E-state index contributed by atoms with van der Waals surface area (Å²) >= 11 is 0. The summed E-state index contributed by atoms with van der Waals surface area (Å²) in [5.41, 5.74) is 1.74. The average molecular weight is 536 g/mol. The number of rotatable bonds is 6. The third-order valence-corrected chi connectivity index (χ3v) is 6.91. The summed E-state index contributed by atoms with van der Waals surface area (Å²) < 4.78 is 16.4. The molecule has 0 radical (unpaired) electrons. The minimum atomic E-state index is -1.72. The number of carbonyl (C=O) groups is 1. The number of nitrogens with one attached hydrogen (secondary N) is 1. The van der Waals surface area contributed by atoms with Gasteiger partial charge in [0.15, 0.2) is 6.29 Å². The van der Waals surface area contributed by atoms with Crippen LogP contribution in [0.15, 0.2) is 58.5 Å². The van der Waals surface area contributed by atoms with E-state index in [1.807, 2.05) is 24.3 Å². The lowest BCUT2D eigenvalue weighted by atomic mass is 9.99. The van der Waals surface area contributed by atoms with E-state index in [0.717, 1.165) is 48.3 Å². The number of hydrogen-bond acceptors (Lipinski definition) is 10. The van der Waals surface area contributed by atoms with E-state index in [2.05, 4.69) is 28.4 Å². The van der Waals surface area contributed by atoms with Gasteiger partial charge in [-0.3, -0.25) is 4.79 Å². The normalized spacial score (nSPS) is 25.9. The highest BCUT2D eigenvalue weighted by Crippen LogP contribution is 2.29. The van der Waals surface area contributed by atoms with Crippen LogP contribution in [-0.2, 0) is 14.3 Å². The summed E-state index contributed by atoms with van der Waals surface area (Å²) in [6, 6.07) is 17.5. The molecule has 5 rings (SSSR count). The van der Waals surface area contributed by atoms with Gasteiger partial charge in [0.05, 0.1) is 13.2 Å². The van der Waals surface area contributed by atoms with Crippen LogP contribution >= 0.6 is 0 Å². The van der Waals surface area contributed by atoms with Gasteiger partial charge in [-0.05, 0) is 41.1 Å². The predicted octanol–water partition coefficient (Wildman–Crippen LogP) is 0.759. The molecule has 1 aromatic heterocycles. The van der Waals surface area contributed by atoms with Gasteiger partial charge >= 0.3 is 0 Å². The molecule has 2 aliphatic rings. The van der Waals surface area contributed by atoms with Crippen LogP contribution in [0.4, 0.5) is 5.69 Å². The van der Waals surface area contributed by atoms with Crippen molar-refractivity contribution in [1.29, 1.82) is 5.26 Å². The molecule has 0 aliphatic carbocycles. The van der Waals surface area contributed by atoms with Crippen molar-refractivity contribution in [2.24, 2.45) is 0 Å². The van der Waals surface area contributed by atoms with Gasteiger partial charge in [-0.1, -0.05) is 18.2 Å². The van der Waals surface area contributed by atoms with E-state index in [1.165, 1.54) is 6.08 Å². The number of aliphatic hydroxyl groups excluding tert-OH is 4. The number of hydrogen-bond donors (Lipinski definition) is 5. The van der Waals surface area contributed by atoms with Crippen molar-refractivity contribution in [3.63, 3.8) is 0 Å². The highest BCUT2D eigenvalue weighted by atomic mass is 16.6. The maximum atomic E-state index is 12.6. The van der Waals surface area contributed by atoms with Gasteiger partial charge in [-0.15, -0.1) is 0 Å². The number of nitrogens with zero attached hydrogens (tertiary/aromatic N) is 2. The molecule has 5 atom stereocenters. The number of nitriles is 1. The first kappa shape index (κ1) is 26.8. The molecule has 0 spiro atoms. The van der Waals surface area contributed by atoms with Gasteiger partial charge < -0.3 is 44.5 Å². The fraction of sp³-hybridized carbons (Fsp3) is 0.357. The summed E-state index contributed by atoms with van der Waals surface area (Å²) in [6.07, 6.45) is -6.48. The molecule has 0 bridgehead atoms. The highest BCUT2D eigenvalue weighted by Gasteiger charge is 2.43. The number of anilines is 1. The second-order valence-electron chi connectivity index (χ2n) is 9.46. The SMILES string of the molecule is N#C/C(=C\c1ccc(-c2ccc3cc(N4CCOCC4)ccc3c2)o1)C(=O)NC[C@H]1OC(O)[C@H](O)[C@@H](O)[C@@H]1O. The zero-order chi connectivity index (χ0) is 27.5. The lowest BCUT2D eigenvalue weighted by Gasteiger charge is -2.38. The van der Waals surface area contributed by atoms with Gasteiger partial charge in [0, 0.05) is 37.0 Å². The molecule has 0 saturated carbocycles. The molecule has 5 N–H and O–H groups in total. The second kappa shape index (κ2) is 11.5. The van der Waals surface area contributed by atoms with Crippen molar-refractivity contribution in [3.8, 4) is 17.4 Å². The summed E-state index contributed by atoms with van der Waals surface area (Å²) in [5.74, 6) is 0.101. The summed E-state index contributed by atoms with van der Waals surface area (Å²) in [6.45, 7) is 2.86. The van der Waals surface area contributed by atoms with Crippen LogP contribution in [-0.4, -0.2) is 89.9 Å². The molecule has 2 aromatic carbocycles. The second-order valence-corrected chi connectivity index (χ2v) is 9.46. The van der Waals surface area contributed by atoms with Crippen LogP contribution in [0.5, 0.6) is 0 Å². The zero-order valence-corrected chi connectivity index (χ0v) is 20.9. The first-order chi connectivity index (χ1) is 18.8. The number of furan rings is 1. The Kier molecular flexibility index (Phi) is 7.94. The van der Waals surface area contributed by atoms with E-state index < -0.39 is 36.6 Å². The number of benzene rings is 2. The van der Waals surface area contributed by atoms with Crippen LogP contribution in [0.1, 0.15) is 5.76 Å². The Morgan fingerprint density at radius 1 is 1.00 bits per heavy atom. The fourth-order valence-electron chi connectivity index (χ4n) is 4.67. The topological polar surface area (TPSA) is 169 Å². The number of fused-ring (bicyclic) bond motifs is 1. The van der Waals surface area contributed by atoms with E-state index in [4.69, 9.17) is 13.9 Å². The summed E-state index contributed by atoms with van der Waals surface area (Å²) in [7, 11) is 0. The van der Waals surface area contributed by atoms with E-state index >= 15 is 0 Å². The van der Waals surface area contributed by atoms with Crippen LogP contribution in [0, 0.1) is 11.3 Å². The van der Waals surface area contributed by atoms with Gasteiger partial charge in [-0.2, -0.15) is 5.26 Å². The fourth-order valence-corrected chi connectivity index (χ4v) is 4.67. The molecule has 11 nitrogen and oxygen atoms in total. The molecule has 2 aliphatic heterocycles. The maximum Gasteiger partial charge on any atom is 0.262 e. The Hall–Kier alpha value is -3.76. The lowest BCUT2D eigenvalue weighted by molar-refractivity contribution is -0.280. The Balaban J connectivity index is 1.26. The molecule has 3 aromatic rings. The average Bonchev–Trinajstić information content (AvgIpc) is 3.44. The standard InChI is InChI=1S/C28H29N3O8/c29-14-19(27(35)30-15-23-24(32)25(33)26(34)28(36)39-23)13-21-5-6-22(38-21)18-2-1-17-12-20(4-3-16(17)11-18)31-7-9-37-10-8-31/h1-6,11-13,23-26,28,32-34,36H,7-10,15H2,(H,30,35)/b19-13+/t23-,24-,25+,26-,28?/m1/s1. The summed E-state index contributed by atoms with van der Waals surface area (Å²) in [5, 5.41) is 53.1. The maximum absolute atomic E-state index is 12.6. The van der Waals surface area contributed by atoms with Crippen LogP contribution in [0.2, 0.25) is 0 Å². The van der Waals surface area contributed by atoms with Crippen LogP contribution in [0.25, 0.3) is 28.2 Å². The van der Waals surface area contributed by atoms with Crippen molar-refractivity contribution < 1.29 is 39.1 Å². The molecule has 1 unspecified atom stereocenters. The number of carbonyl (C=O) groups excluding carboxylic acids is 1. The monoisotopic (exact) mass is 535 g/mol. The Morgan fingerprint density at radius 2 is 1.74 bits per heavy atom. The quantitative estimate of drug-likeness (QED) is 0.224. The Labute approximate surface area is 224 Å². The van der Waals surface area contributed by atoms with E-state index in [9.17, 15) is 30.5 Å². The zero-order valence-electron chi connectivity index (χ0n) is 20.9. The first-order valence-electron chi connectivity index (χ1n) is 12.6. The molecule has 2 saturated heterocycles. The van der Waals surface area contributed by atoms with Crippen molar-refractivity contribution in [2.75, 3.05) is 37.7 Å². The molecule has 2 fully saturated rings. The highest BCUT2D eigenvalue weighted by molar-refractivity contribution is 6.01. The minimum absolute atomic E-state index is 0.253. The van der Waals surface area contributed by atoms with Crippen LogP contribution < -0.4 is 10.2 Å². The van der Waals surface area contributed by atoms with E-state index in [0.29, 0.717) is 11.5 Å². The largest absolute Gasteiger partial charge is 0.457 e. The smallest absolute Gasteiger partial charge is 0.262 e. The number of morpholine rings is 1. The summed E-state index contributed by atoms with van der Waals surface area (Å²) in [4.78, 5) is 14.9. The van der Waals surface area contributed by atoms with Crippen molar-refractivity contribution >= 4 is 28.4 Å². The lowest BCUT2D eigenvalue weighted by Crippen LogP contribution is -2.60. The molecule has 204 valence electrons. The predicted molar refractivity (Wildman–Crippen MR) is 140 cm³/mol. The molecule has 3 heterocycles. The third kappa shape index (κ3) is 5.81. The van der Waals surface area contributed by atoms with Crippen molar-refractivity contribution in [2.45, 2.75) is 30.7 Å².